The molecule has 0 aliphatic rings. The van der Waals surface area contributed by atoms with Crippen molar-refractivity contribution in [2.24, 2.45) is 0 Å². The predicted octanol–water partition coefficient (Wildman–Crippen LogP) is 7.79. The number of rotatable bonds is 3. The zero-order chi connectivity index (χ0) is 21.1. The second-order valence-corrected chi connectivity index (χ2v) is 7.60. The van der Waals surface area contributed by atoms with Crippen LogP contribution in [0.5, 0.6) is 0 Å². The summed E-state index contributed by atoms with van der Waals surface area (Å²) in [6.07, 6.45) is 2.18. The van der Waals surface area contributed by atoms with Crippen molar-refractivity contribution in [1.82, 2.24) is 0 Å². The van der Waals surface area contributed by atoms with Crippen LogP contribution in [0.3, 0.4) is 0 Å². The average Bonchev–Trinajstić information content (AvgIpc) is 2.76. The molecular formula is C27H19ClF2. The maximum Gasteiger partial charge on any atom is 0.142 e. The molecule has 30 heavy (non-hydrogen) atoms. The van der Waals surface area contributed by atoms with Crippen LogP contribution >= 0.6 is 11.6 Å². The van der Waals surface area contributed by atoms with E-state index in [2.05, 4.69) is 30.9 Å². The van der Waals surface area contributed by atoms with Crippen LogP contribution in [0, 0.1) is 23.5 Å². The van der Waals surface area contributed by atoms with Crippen LogP contribution in [0.25, 0.3) is 21.9 Å². The molecule has 0 fully saturated rings. The Kier molecular flexibility index (Phi) is 5.84. The van der Waals surface area contributed by atoms with Crippen LogP contribution in [0.2, 0.25) is 5.02 Å². The van der Waals surface area contributed by atoms with Crippen LogP contribution in [0.4, 0.5) is 8.78 Å². The van der Waals surface area contributed by atoms with Gasteiger partial charge in [0.25, 0.3) is 0 Å². The van der Waals surface area contributed by atoms with Gasteiger partial charge in [0.15, 0.2) is 0 Å². The summed E-state index contributed by atoms with van der Waals surface area (Å²) in [4.78, 5) is 0. The topological polar surface area (TPSA) is 0 Å². The zero-order valence-electron chi connectivity index (χ0n) is 16.5. The summed E-state index contributed by atoms with van der Waals surface area (Å²) in [5, 5.41) is 1.23. The van der Waals surface area contributed by atoms with Crippen molar-refractivity contribution in [2.45, 2.75) is 19.8 Å². The van der Waals surface area contributed by atoms with E-state index in [0.29, 0.717) is 16.5 Å². The maximum absolute atomic E-state index is 15.1. The van der Waals surface area contributed by atoms with Gasteiger partial charge in [0, 0.05) is 22.1 Å². The normalized spacial score (nSPS) is 10.7. The fourth-order valence-electron chi connectivity index (χ4n) is 3.44. The average molecular weight is 417 g/mol. The molecule has 0 heterocycles. The van der Waals surface area contributed by atoms with Crippen molar-refractivity contribution >= 4 is 22.4 Å². The third-order valence-electron chi connectivity index (χ3n) is 5.03. The van der Waals surface area contributed by atoms with Gasteiger partial charge in [-0.3, -0.25) is 0 Å². The van der Waals surface area contributed by atoms with Crippen molar-refractivity contribution in [1.29, 1.82) is 0 Å². The van der Waals surface area contributed by atoms with Crippen molar-refractivity contribution in [3.05, 3.63) is 106 Å². The molecule has 148 valence electrons. The first kappa shape index (κ1) is 20.1. The van der Waals surface area contributed by atoms with E-state index >= 15 is 4.39 Å². The lowest BCUT2D eigenvalue weighted by Gasteiger charge is -2.08. The smallest absolute Gasteiger partial charge is 0.142 e. The molecule has 0 nitrogen and oxygen atoms in total. The number of halogens is 3. The molecular weight excluding hydrogens is 398 g/mol. The van der Waals surface area contributed by atoms with E-state index in [1.807, 2.05) is 24.3 Å². The van der Waals surface area contributed by atoms with E-state index in [4.69, 9.17) is 11.6 Å². The first-order chi connectivity index (χ1) is 14.5. The lowest BCUT2D eigenvalue weighted by Crippen LogP contribution is -1.89. The lowest BCUT2D eigenvalue weighted by molar-refractivity contribution is 0.627. The molecule has 4 aromatic carbocycles. The molecule has 3 heteroatoms. The minimum absolute atomic E-state index is 0.0168. The third kappa shape index (κ3) is 4.22. The molecule has 0 spiro atoms. The summed E-state index contributed by atoms with van der Waals surface area (Å²) in [5.41, 5.74) is 3.85. The minimum Gasteiger partial charge on any atom is -0.206 e. The monoisotopic (exact) mass is 416 g/mol. The van der Waals surface area contributed by atoms with E-state index < -0.39 is 5.82 Å². The second kappa shape index (κ2) is 8.69. The summed E-state index contributed by atoms with van der Waals surface area (Å²) in [6.45, 7) is 2.16. The summed E-state index contributed by atoms with van der Waals surface area (Å²) in [5.74, 6) is 5.35. The van der Waals surface area contributed by atoms with Gasteiger partial charge in [0.1, 0.15) is 11.6 Å². The van der Waals surface area contributed by atoms with E-state index in [1.165, 1.54) is 17.7 Å². The predicted molar refractivity (Wildman–Crippen MR) is 121 cm³/mol. The lowest BCUT2D eigenvalue weighted by atomic mass is 9.99. The molecule has 0 atom stereocenters. The van der Waals surface area contributed by atoms with Gasteiger partial charge in [0.2, 0.25) is 0 Å². The van der Waals surface area contributed by atoms with Crippen LogP contribution < -0.4 is 0 Å². The maximum atomic E-state index is 15.1. The summed E-state index contributed by atoms with van der Waals surface area (Å²) < 4.78 is 28.9. The summed E-state index contributed by atoms with van der Waals surface area (Å²) in [6, 6.07) is 21.4. The van der Waals surface area contributed by atoms with Crippen molar-refractivity contribution in [3.63, 3.8) is 0 Å². The number of aryl methyl sites for hydroxylation is 1. The summed E-state index contributed by atoms with van der Waals surface area (Å²) >= 11 is 5.73. The highest BCUT2D eigenvalue weighted by molar-refractivity contribution is 6.30. The number of fused-ring (bicyclic) bond motifs is 1. The standard InChI is InChI=1S/C27H19ClF2/c1-2-3-18-4-6-19(7-5-18)8-9-20-10-13-23-21(16-20)11-14-24(27(23)30)22-12-15-25(28)26(29)17-22/h4-7,10-17H,2-3H2,1H3. The SMILES string of the molecule is CCCc1ccc(C#Cc2ccc3c(F)c(-c4ccc(Cl)c(F)c4)ccc3c2)cc1. The van der Waals surface area contributed by atoms with Gasteiger partial charge in [-0.05, 0) is 59.3 Å². The van der Waals surface area contributed by atoms with E-state index in [9.17, 15) is 4.39 Å². The van der Waals surface area contributed by atoms with Crippen molar-refractivity contribution in [2.75, 3.05) is 0 Å². The van der Waals surface area contributed by atoms with Gasteiger partial charge in [-0.25, -0.2) is 8.78 Å². The summed E-state index contributed by atoms with van der Waals surface area (Å²) in [7, 11) is 0. The fraction of sp³-hybridized carbons (Fsp3) is 0.111. The highest BCUT2D eigenvalue weighted by Gasteiger charge is 2.11. The molecule has 0 saturated heterocycles. The molecule has 0 aliphatic heterocycles. The Morgan fingerprint density at radius 3 is 2.27 bits per heavy atom. The van der Waals surface area contributed by atoms with Crippen LogP contribution in [0.15, 0.2) is 72.8 Å². The largest absolute Gasteiger partial charge is 0.206 e. The van der Waals surface area contributed by atoms with Gasteiger partial charge in [-0.15, -0.1) is 0 Å². The van der Waals surface area contributed by atoms with Gasteiger partial charge >= 0.3 is 0 Å². The molecule has 0 radical (unpaired) electrons. The van der Waals surface area contributed by atoms with Gasteiger partial charge in [-0.1, -0.05) is 73.2 Å². The molecule has 4 rings (SSSR count). The molecule has 0 saturated carbocycles. The third-order valence-corrected chi connectivity index (χ3v) is 5.33. The highest BCUT2D eigenvalue weighted by Crippen LogP contribution is 2.31. The van der Waals surface area contributed by atoms with Crippen molar-refractivity contribution < 1.29 is 8.78 Å². The number of hydrogen-bond donors (Lipinski definition) is 0. The molecule has 0 aliphatic carbocycles. The van der Waals surface area contributed by atoms with E-state index in [0.717, 1.165) is 29.4 Å². The Hall–Kier alpha value is -3.15. The highest BCUT2D eigenvalue weighted by atomic mass is 35.5. The molecule has 0 N–H and O–H groups in total. The Morgan fingerprint density at radius 2 is 1.53 bits per heavy atom. The second-order valence-electron chi connectivity index (χ2n) is 7.19. The quantitative estimate of drug-likeness (QED) is 0.299. The Balaban J connectivity index is 1.65. The van der Waals surface area contributed by atoms with E-state index in [1.54, 1.807) is 24.3 Å². The van der Waals surface area contributed by atoms with E-state index in [-0.39, 0.29) is 10.8 Å². The number of benzene rings is 4. The molecule has 0 amide bonds. The first-order valence-electron chi connectivity index (χ1n) is 9.84. The van der Waals surface area contributed by atoms with Crippen LogP contribution in [-0.2, 0) is 6.42 Å². The molecule has 4 aromatic rings. The molecule has 0 unspecified atom stereocenters. The van der Waals surface area contributed by atoms with Crippen molar-refractivity contribution in [3.8, 4) is 23.0 Å². The Bertz CT molecular complexity index is 1280. The molecule has 0 aromatic heterocycles. The first-order valence-corrected chi connectivity index (χ1v) is 10.2. The Labute approximate surface area is 180 Å². The van der Waals surface area contributed by atoms with Gasteiger partial charge < -0.3 is 0 Å². The van der Waals surface area contributed by atoms with Crippen LogP contribution in [0.1, 0.15) is 30.0 Å². The van der Waals surface area contributed by atoms with Gasteiger partial charge in [0.05, 0.1) is 5.02 Å². The minimum atomic E-state index is -0.568. The number of hydrogen-bond acceptors (Lipinski definition) is 0. The van der Waals surface area contributed by atoms with Gasteiger partial charge in [-0.2, -0.15) is 0 Å². The zero-order valence-corrected chi connectivity index (χ0v) is 17.2. The fourth-order valence-corrected chi connectivity index (χ4v) is 3.56. The molecule has 0 bridgehead atoms. The van der Waals surface area contributed by atoms with Crippen LogP contribution in [-0.4, -0.2) is 0 Å². The Morgan fingerprint density at radius 1 is 0.800 bits per heavy atom.